The van der Waals surface area contributed by atoms with Crippen LogP contribution < -0.4 is 10.9 Å². The van der Waals surface area contributed by atoms with Crippen LogP contribution in [0.25, 0.3) is 6.08 Å². The zero-order chi connectivity index (χ0) is 8.39. The lowest BCUT2D eigenvalue weighted by Crippen LogP contribution is -2.25. The molecule has 1 aliphatic heterocycles. The van der Waals surface area contributed by atoms with E-state index in [2.05, 4.69) is 10.9 Å². The van der Waals surface area contributed by atoms with E-state index in [0.29, 0.717) is 4.98 Å². The van der Waals surface area contributed by atoms with Crippen molar-refractivity contribution >= 4 is 11.8 Å². The van der Waals surface area contributed by atoms with Crippen molar-refractivity contribution in [3.8, 4) is 0 Å². The summed E-state index contributed by atoms with van der Waals surface area (Å²) in [5.41, 5.74) is 6.89. The fraction of sp³-hybridized carbons (Fsp3) is 0. The number of hydrogen-bond donors (Lipinski definition) is 2. The summed E-state index contributed by atoms with van der Waals surface area (Å²) in [6, 6.07) is 7.57. The normalized spacial score (nSPS) is 14.2. The molecule has 1 aromatic rings. The Hall–Kier alpha value is -1.84. The second-order valence-corrected chi connectivity index (χ2v) is 2.46. The maximum Gasteiger partial charge on any atom is 0.255 e. The summed E-state index contributed by atoms with van der Waals surface area (Å²) < 4.78 is 0. The van der Waals surface area contributed by atoms with Crippen LogP contribution in [0, 0.1) is 4.91 Å². The maximum absolute atomic E-state index is 10.9. The topological polar surface area (TPSA) is 44.1 Å². The van der Waals surface area contributed by atoms with Crippen molar-refractivity contribution in [2.24, 2.45) is 0 Å². The van der Waals surface area contributed by atoms with Gasteiger partial charge in [-0.1, -0.05) is 29.1 Å². The second kappa shape index (κ2) is 2.65. The van der Waals surface area contributed by atoms with Gasteiger partial charge < -0.3 is 0 Å². The Balaban J connectivity index is 2.48. The van der Waals surface area contributed by atoms with E-state index >= 15 is 0 Å². The van der Waals surface area contributed by atoms with Gasteiger partial charge >= 0.3 is 0 Å². The summed E-state index contributed by atoms with van der Waals surface area (Å²) in [7, 11) is 0. The van der Waals surface area contributed by atoms with Crippen molar-refractivity contribution in [1.29, 1.82) is 0 Å². The third kappa shape index (κ3) is 1.14. The van der Waals surface area contributed by atoms with Gasteiger partial charge in [0.2, 0.25) is 0 Å². The number of fused-ring (bicyclic) bond motifs is 1. The maximum atomic E-state index is 10.9. The molecular formula is C8H8N3O+. The highest BCUT2D eigenvalue weighted by Crippen LogP contribution is 2.16. The molecular weight excluding hydrogens is 154 g/mol. The van der Waals surface area contributed by atoms with E-state index in [9.17, 15) is 4.91 Å². The molecule has 0 saturated carbocycles. The van der Waals surface area contributed by atoms with E-state index in [0.717, 1.165) is 11.3 Å². The number of hydrogen-bond acceptors (Lipinski definition) is 1. The van der Waals surface area contributed by atoms with Crippen LogP contribution >= 0.6 is 0 Å². The summed E-state index contributed by atoms with van der Waals surface area (Å²) in [5.74, 6) is 0. The molecule has 2 rings (SSSR count). The van der Waals surface area contributed by atoms with Gasteiger partial charge in [-0.05, 0) is 12.1 Å². The van der Waals surface area contributed by atoms with E-state index in [4.69, 9.17) is 0 Å². The Labute approximate surface area is 69.4 Å². The van der Waals surface area contributed by atoms with E-state index < -0.39 is 0 Å². The third-order valence-electron chi connectivity index (χ3n) is 1.64. The zero-order valence-electron chi connectivity index (χ0n) is 6.32. The van der Waals surface area contributed by atoms with Gasteiger partial charge in [0.1, 0.15) is 5.69 Å². The number of nitroso groups, excluding NO2 is 1. The highest BCUT2D eigenvalue weighted by atomic mass is 16.4. The lowest BCUT2D eigenvalue weighted by atomic mass is 10.2. The lowest BCUT2D eigenvalue weighted by molar-refractivity contribution is -0.567. The number of benzene rings is 1. The largest absolute Gasteiger partial charge is 0.255 e. The van der Waals surface area contributed by atoms with Crippen LogP contribution in [0.5, 0.6) is 0 Å². The number of rotatable bonds is 0. The molecule has 60 valence electrons. The molecule has 0 saturated heterocycles. The third-order valence-corrected chi connectivity index (χ3v) is 1.64. The van der Waals surface area contributed by atoms with Crippen molar-refractivity contribution in [3.63, 3.8) is 0 Å². The predicted octanol–water partition coefficient (Wildman–Crippen LogP) is 1.28. The quantitative estimate of drug-likeness (QED) is 0.565. The molecule has 1 aliphatic rings. The first-order valence-electron chi connectivity index (χ1n) is 3.62. The standard InChI is InChI=1S/C8H8N3O/c12-11-9-6-5-7-3-1-2-4-8(7)10-11/h1-6H,(H2,9,10,12)/q+1. The second-order valence-electron chi connectivity index (χ2n) is 2.46. The first-order valence-corrected chi connectivity index (χ1v) is 3.62. The minimum atomic E-state index is 0.558. The van der Waals surface area contributed by atoms with Crippen LogP contribution in [0.3, 0.4) is 0 Å². The van der Waals surface area contributed by atoms with E-state index in [1.807, 2.05) is 30.3 Å². The molecule has 0 aromatic heterocycles. The molecule has 2 N–H and O–H groups in total. The summed E-state index contributed by atoms with van der Waals surface area (Å²) in [5, 5.41) is 0. The number of nitrogens with one attached hydrogen (secondary N) is 2. The summed E-state index contributed by atoms with van der Waals surface area (Å²) in [6.45, 7) is 0. The number of hydrazine groups is 2. The highest BCUT2D eigenvalue weighted by Gasteiger charge is 2.11. The van der Waals surface area contributed by atoms with Crippen LogP contribution in [-0.2, 0) is 0 Å². The fourth-order valence-corrected chi connectivity index (χ4v) is 1.08. The summed E-state index contributed by atoms with van der Waals surface area (Å²) >= 11 is 0. The lowest BCUT2D eigenvalue weighted by Gasteiger charge is -1.96. The van der Waals surface area contributed by atoms with Gasteiger partial charge in [0.25, 0.3) is 4.98 Å². The molecule has 0 spiro atoms. The van der Waals surface area contributed by atoms with E-state index in [1.165, 1.54) is 0 Å². The number of para-hydroxylation sites is 1. The average molecular weight is 162 g/mol. The van der Waals surface area contributed by atoms with Gasteiger partial charge in [-0.25, -0.2) is 0 Å². The highest BCUT2D eigenvalue weighted by molar-refractivity contribution is 5.65. The monoisotopic (exact) mass is 162 g/mol. The molecule has 0 aliphatic carbocycles. The fourth-order valence-electron chi connectivity index (χ4n) is 1.08. The summed E-state index contributed by atoms with van der Waals surface area (Å²) in [6.07, 6.45) is 3.42. The van der Waals surface area contributed by atoms with Crippen molar-refractivity contribution in [2.75, 3.05) is 5.43 Å². The Morgan fingerprint density at radius 1 is 1.25 bits per heavy atom. The van der Waals surface area contributed by atoms with Gasteiger partial charge in [0.15, 0.2) is 0 Å². The van der Waals surface area contributed by atoms with Crippen molar-refractivity contribution < 1.29 is 4.98 Å². The van der Waals surface area contributed by atoms with E-state index in [-0.39, 0.29) is 0 Å². The summed E-state index contributed by atoms with van der Waals surface area (Å²) in [4.78, 5) is 11.4. The smallest absolute Gasteiger partial charge is 0.0975 e. The van der Waals surface area contributed by atoms with Crippen LogP contribution in [0.4, 0.5) is 5.69 Å². The van der Waals surface area contributed by atoms with Crippen molar-refractivity contribution in [2.45, 2.75) is 0 Å². The number of anilines is 1. The molecule has 4 heteroatoms. The zero-order valence-corrected chi connectivity index (χ0v) is 6.32. The molecule has 0 unspecified atom stereocenters. The van der Waals surface area contributed by atoms with Gasteiger partial charge in [-0.3, -0.25) is 0 Å². The molecule has 0 atom stereocenters. The molecule has 1 aromatic carbocycles. The van der Waals surface area contributed by atoms with Gasteiger partial charge in [0.05, 0.1) is 11.1 Å². The predicted molar refractivity (Wildman–Crippen MR) is 45.9 cm³/mol. The molecule has 0 bridgehead atoms. The minimum Gasteiger partial charge on any atom is -0.0975 e. The first-order chi connectivity index (χ1) is 5.86. The Morgan fingerprint density at radius 3 is 3.00 bits per heavy atom. The SMILES string of the molecule is O=[N+]1NC=Cc2ccccc2N1. The Morgan fingerprint density at radius 2 is 2.08 bits per heavy atom. The Kier molecular flexibility index (Phi) is 1.51. The molecule has 12 heavy (non-hydrogen) atoms. The first kappa shape index (κ1) is 6.84. The Bertz CT molecular complexity index is 346. The minimum absolute atomic E-state index is 0.558. The van der Waals surface area contributed by atoms with Gasteiger partial charge in [-0.2, -0.15) is 0 Å². The average Bonchev–Trinajstić information content (AvgIpc) is 2.25. The molecule has 4 nitrogen and oxygen atoms in total. The van der Waals surface area contributed by atoms with Crippen molar-refractivity contribution in [1.82, 2.24) is 5.43 Å². The van der Waals surface area contributed by atoms with Crippen LogP contribution in [0.15, 0.2) is 30.5 Å². The van der Waals surface area contributed by atoms with Crippen molar-refractivity contribution in [3.05, 3.63) is 40.9 Å². The van der Waals surface area contributed by atoms with Gasteiger partial charge in [0, 0.05) is 5.56 Å². The van der Waals surface area contributed by atoms with Gasteiger partial charge in [-0.15, -0.1) is 0 Å². The van der Waals surface area contributed by atoms with E-state index in [1.54, 1.807) is 6.20 Å². The molecule has 1 heterocycles. The van der Waals surface area contributed by atoms with Crippen LogP contribution in [0.1, 0.15) is 5.56 Å². The molecule has 0 radical (unpaired) electrons. The van der Waals surface area contributed by atoms with Crippen LogP contribution in [0.2, 0.25) is 0 Å². The van der Waals surface area contributed by atoms with Crippen LogP contribution in [-0.4, -0.2) is 4.98 Å². The molecule has 0 amide bonds. The molecule has 0 fully saturated rings. The number of nitrogens with zero attached hydrogens (tertiary/aromatic N) is 1.